The van der Waals surface area contributed by atoms with Crippen molar-refractivity contribution in [2.75, 3.05) is 11.1 Å². The Kier molecular flexibility index (Phi) is 6.28. The van der Waals surface area contributed by atoms with Gasteiger partial charge in [0.15, 0.2) is 0 Å². The van der Waals surface area contributed by atoms with Crippen LogP contribution in [0.5, 0.6) is 0 Å². The Labute approximate surface area is 179 Å². The Morgan fingerprint density at radius 3 is 2.83 bits per heavy atom. The fourth-order valence-corrected chi connectivity index (χ4v) is 4.61. The van der Waals surface area contributed by atoms with Gasteiger partial charge in [-0.3, -0.25) is 14.3 Å². The summed E-state index contributed by atoms with van der Waals surface area (Å²) in [5.41, 5.74) is 4.57. The average molecular weight is 421 g/mol. The lowest BCUT2D eigenvalue weighted by Crippen LogP contribution is -2.31. The number of nitrogens with zero attached hydrogens (tertiary/aromatic N) is 3. The number of thioether (sulfide) groups is 1. The van der Waals surface area contributed by atoms with Crippen molar-refractivity contribution in [2.24, 2.45) is 0 Å². The second-order valence-electron chi connectivity index (χ2n) is 7.45. The first-order valence-electron chi connectivity index (χ1n) is 10.1. The van der Waals surface area contributed by atoms with E-state index in [4.69, 9.17) is 0 Å². The Hall–Kier alpha value is -2.93. The minimum atomic E-state index is -0.275. The number of carbonyl (C=O) groups excluding carboxylic acids is 1. The van der Waals surface area contributed by atoms with Crippen molar-refractivity contribution in [2.45, 2.75) is 44.2 Å². The fourth-order valence-electron chi connectivity index (χ4n) is 3.74. The van der Waals surface area contributed by atoms with Gasteiger partial charge >= 0.3 is 5.69 Å². The van der Waals surface area contributed by atoms with E-state index in [1.165, 1.54) is 11.8 Å². The molecule has 0 bridgehead atoms. The van der Waals surface area contributed by atoms with E-state index in [1.54, 1.807) is 10.8 Å². The minimum absolute atomic E-state index is 0.102. The van der Waals surface area contributed by atoms with E-state index in [-0.39, 0.29) is 17.3 Å². The lowest BCUT2D eigenvalue weighted by Gasteiger charge is -2.22. The summed E-state index contributed by atoms with van der Waals surface area (Å²) in [7, 11) is 0. The van der Waals surface area contributed by atoms with Crippen LogP contribution >= 0.6 is 11.8 Å². The quantitative estimate of drug-likeness (QED) is 0.487. The summed E-state index contributed by atoms with van der Waals surface area (Å²) in [4.78, 5) is 33.9. The largest absolute Gasteiger partial charge is 0.349 e. The SMILES string of the molecule is Cc1cccc(NC(=O)CSc2nc(=O)n(Cc3ccccn3)c3c2CCCC3)c1. The van der Waals surface area contributed by atoms with Gasteiger partial charge in [-0.15, -0.1) is 0 Å². The molecule has 1 aromatic carbocycles. The summed E-state index contributed by atoms with van der Waals surface area (Å²) >= 11 is 1.34. The first-order chi connectivity index (χ1) is 14.6. The van der Waals surface area contributed by atoms with Gasteiger partial charge in [-0.25, -0.2) is 4.79 Å². The van der Waals surface area contributed by atoms with Crippen LogP contribution in [-0.2, 0) is 24.2 Å². The predicted octanol–water partition coefficient (Wildman–Crippen LogP) is 3.60. The number of hydrogen-bond acceptors (Lipinski definition) is 5. The Morgan fingerprint density at radius 1 is 1.17 bits per heavy atom. The average Bonchev–Trinajstić information content (AvgIpc) is 2.75. The second kappa shape index (κ2) is 9.26. The molecule has 4 rings (SSSR count). The number of aryl methyl sites for hydroxylation is 1. The van der Waals surface area contributed by atoms with Crippen molar-refractivity contribution in [1.82, 2.24) is 14.5 Å². The van der Waals surface area contributed by atoms with Crippen LogP contribution in [-0.4, -0.2) is 26.2 Å². The maximum absolute atomic E-state index is 12.8. The van der Waals surface area contributed by atoms with Crippen LogP contribution in [0.3, 0.4) is 0 Å². The topological polar surface area (TPSA) is 76.9 Å². The van der Waals surface area contributed by atoms with Gasteiger partial charge in [0.25, 0.3) is 0 Å². The molecular formula is C23H24N4O2S. The summed E-state index contributed by atoms with van der Waals surface area (Å²) < 4.78 is 1.74. The van der Waals surface area contributed by atoms with E-state index in [0.717, 1.165) is 53.9 Å². The molecule has 0 saturated carbocycles. The highest BCUT2D eigenvalue weighted by molar-refractivity contribution is 8.00. The molecule has 0 spiro atoms. The van der Waals surface area contributed by atoms with Crippen LogP contribution in [0.2, 0.25) is 0 Å². The van der Waals surface area contributed by atoms with Crippen LogP contribution in [0.1, 0.15) is 35.4 Å². The third-order valence-electron chi connectivity index (χ3n) is 5.14. The van der Waals surface area contributed by atoms with Crippen LogP contribution in [0, 0.1) is 6.92 Å². The molecule has 3 aromatic rings. The summed E-state index contributed by atoms with van der Waals surface area (Å²) in [6, 6.07) is 13.4. The van der Waals surface area contributed by atoms with E-state index in [9.17, 15) is 9.59 Å². The van der Waals surface area contributed by atoms with Crippen LogP contribution in [0.4, 0.5) is 5.69 Å². The Bertz CT molecular complexity index is 1110. The molecule has 7 heteroatoms. The number of anilines is 1. The third-order valence-corrected chi connectivity index (χ3v) is 6.16. The molecule has 30 heavy (non-hydrogen) atoms. The molecule has 0 unspecified atom stereocenters. The van der Waals surface area contributed by atoms with Crippen molar-refractivity contribution < 1.29 is 4.79 Å². The van der Waals surface area contributed by atoms with Crippen molar-refractivity contribution in [3.05, 3.63) is 81.7 Å². The van der Waals surface area contributed by atoms with Crippen molar-refractivity contribution in [3.63, 3.8) is 0 Å². The number of carbonyl (C=O) groups is 1. The van der Waals surface area contributed by atoms with E-state index >= 15 is 0 Å². The van der Waals surface area contributed by atoms with Gasteiger partial charge in [0.05, 0.1) is 18.0 Å². The molecule has 1 aliphatic rings. The molecule has 2 aromatic heterocycles. The number of hydrogen-bond donors (Lipinski definition) is 1. The van der Waals surface area contributed by atoms with Gasteiger partial charge in [-0.05, 0) is 62.4 Å². The molecular weight excluding hydrogens is 396 g/mol. The third kappa shape index (κ3) is 4.79. The first kappa shape index (κ1) is 20.3. The number of nitrogens with one attached hydrogen (secondary N) is 1. The highest BCUT2D eigenvalue weighted by Crippen LogP contribution is 2.28. The predicted molar refractivity (Wildman–Crippen MR) is 119 cm³/mol. The number of benzene rings is 1. The highest BCUT2D eigenvalue weighted by atomic mass is 32.2. The molecule has 6 nitrogen and oxygen atoms in total. The zero-order valence-electron chi connectivity index (χ0n) is 16.9. The zero-order chi connectivity index (χ0) is 20.9. The summed E-state index contributed by atoms with van der Waals surface area (Å²) in [5.74, 6) is 0.117. The zero-order valence-corrected chi connectivity index (χ0v) is 17.7. The molecule has 0 saturated heterocycles. The number of rotatable bonds is 6. The molecule has 1 aliphatic carbocycles. The normalized spacial score (nSPS) is 13.0. The second-order valence-corrected chi connectivity index (χ2v) is 8.41. The lowest BCUT2D eigenvalue weighted by molar-refractivity contribution is -0.113. The van der Waals surface area contributed by atoms with E-state index in [0.29, 0.717) is 11.6 Å². The first-order valence-corrected chi connectivity index (χ1v) is 11.1. The van der Waals surface area contributed by atoms with Crippen LogP contribution < -0.4 is 11.0 Å². The van der Waals surface area contributed by atoms with Gasteiger partial charge < -0.3 is 5.32 Å². The number of fused-ring (bicyclic) bond motifs is 1. The van der Waals surface area contributed by atoms with Gasteiger partial charge in [0.1, 0.15) is 5.03 Å². The standard InChI is InChI=1S/C23H24N4O2S/c1-16-7-6-9-17(13-16)25-21(28)15-30-22-19-10-2-3-11-20(19)27(23(29)26-22)14-18-8-4-5-12-24-18/h4-9,12-13H,2-3,10-11,14-15H2,1H3,(H,25,28). The lowest BCUT2D eigenvalue weighted by atomic mass is 9.97. The van der Waals surface area contributed by atoms with Gasteiger partial charge in [-0.1, -0.05) is 30.0 Å². The van der Waals surface area contributed by atoms with E-state index in [2.05, 4.69) is 15.3 Å². The van der Waals surface area contributed by atoms with Gasteiger partial charge in [-0.2, -0.15) is 4.98 Å². The number of pyridine rings is 1. The van der Waals surface area contributed by atoms with Crippen molar-refractivity contribution in [3.8, 4) is 0 Å². The monoisotopic (exact) mass is 420 g/mol. The molecule has 1 N–H and O–H groups in total. The number of aromatic nitrogens is 3. The van der Waals surface area contributed by atoms with Crippen LogP contribution in [0.25, 0.3) is 0 Å². The molecule has 0 atom stereocenters. The van der Waals surface area contributed by atoms with E-state index in [1.807, 2.05) is 49.4 Å². The summed E-state index contributed by atoms with van der Waals surface area (Å²) in [5, 5.41) is 3.60. The molecule has 154 valence electrons. The summed E-state index contributed by atoms with van der Waals surface area (Å²) in [6.07, 6.45) is 5.59. The molecule has 0 aliphatic heterocycles. The summed E-state index contributed by atoms with van der Waals surface area (Å²) in [6.45, 7) is 2.41. The van der Waals surface area contributed by atoms with Crippen LogP contribution in [0.15, 0.2) is 58.5 Å². The highest BCUT2D eigenvalue weighted by Gasteiger charge is 2.21. The molecule has 2 heterocycles. The molecule has 1 amide bonds. The van der Waals surface area contributed by atoms with Gasteiger partial charge in [0, 0.05) is 23.1 Å². The molecule has 0 fully saturated rings. The maximum Gasteiger partial charge on any atom is 0.349 e. The van der Waals surface area contributed by atoms with Crippen molar-refractivity contribution >= 4 is 23.4 Å². The Balaban J connectivity index is 1.53. The van der Waals surface area contributed by atoms with Gasteiger partial charge in [0.2, 0.25) is 5.91 Å². The number of amides is 1. The van der Waals surface area contributed by atoms with Crippen molar-refractivity contribution in [1.29, 1.82) is 0 Å². The smallest absolute Gasteiger partial charge is 0.325 e. The molecule has 0 radical (unpaired) electrons. The maximum atomic E-state index is 12.8. The minimum Gasteiger partial charge on any atom is -0.325 e. The Morgan fingerprint density at radius 2 is 2.03 bits per heavy atom. The fraction of sp³-hybridized carbons (Fsp3) is 0.304. The van der Waals surface area contributed by atoms with E-state index < -0.39 is 0 Å².